The Kier molecular flexibility index (Phi) is 13.9. The highest BCUT2D eigenvalue weighted by Gasteiger charge is 2.25. The number of esters is 2. The van der Waals surface area contributed by atoms with Gasteiger partial charge in [-0.05, 0) is 13.8 Å². The van der Waals surface area contributed by atoms with Crippen molar-refractivity contribution >= 4 is 27.9 Å². The first-order valence-corrected chi connectivity index (χ1v) is 6.43. The minimum atomic E-state index is -1.00. The van der Waals surface area contributed by atoms with Gasteiger partial charge in [0.05, 0.1) is 13.2 Å². The maximum atomic E-state index is 10.9. The number of unbranched alkanes of at least 4 members (excludes halogenated alkanes) is 1. The fourth-order valence-corrected chi connectivity index (χ4v) is 0.791. The van der Waals surface area contributed by atoms with Gasteiger partial charge in [-0.3, -0.25) is 9.59 Å². The molecular formula is C11H21BrO4. The molecule has 0 atom stereocenters. The Balaban J connectivity index is 0. The molecule has 0 aromatic carbocycles. The molecule has 0 aliphatic heterocycles. The molecule has 0 rings (SSSR count). The summed E-state index contributed by atoms with van der Waals surface area (Å²) in [6.45, 7) is 8.20. The van der Waals surface area contributed by atoms with Crippen molar-refractivity contribution in [3.05, 3.63) is 0 Å². The maximum absolute atomic E-state index is 10.9. The molecule has 0 bridgehead atoms. The summed E-state index contributed by atoms with van der Waals surface area (Å²) >= 11 is 2.86. The average molecular weight is 297 g/mol. The second-order valence-corrected chi connectivity index (χ2v) is 3.78. The zero-order chi connectivity index (χ0) is 13.0. The third-order valence-electron chi connectivity index (χ3n) is 1.49. The second-order valence-electron chi connectivity index (χ2n) is 2.87. The molecule has 0 aromatic heterocycles. The third-order valence-corrected chi connectivity index (χ3v) is 2.23. The second kappa shape index (κ2) is 12.5. The van der Waals surface area contributed by atoms with Gasteiger partial charge in [0.25, 0.3) is 0 Å². The summed E-state index contributed by atoms with van der Waals surface area (Å²) in [5.41, 5.74) is 0. The van der Waals surface area contributed by atoms with Crippen LogP contribution < -0.4 is 0 Å². The summed E-state index contributed by atoms with van der Waals surface area (Å²) in [6, 6.07) is 0. The van der Waals surface area contributed by atoms with E-state index in [-0.39, 0.29) is 13.2 Å². The van der Waals surface area contributed by atoms with Crippen molar-refractivity contribution in [2.45, 2.75) is 45.4 Å². The Morgan fingerprint density at radius 1 is 0.938 bits per heavy atom. The van der Waals surface area contributed by atoms with Crippen LogP contribution in [-0.2, 0) is 19.1 Å². The molecule has 0 amide bonds. The van der Waals surface area contributed by atoms with Crippen molar-refractivity contribution in [3.8, 4) is 0 Å². The molecule has 5 heteroatoms. The number of carbonyl (C=O) groups excluding carboxylic acids is 2. The summed E-state index contributed by atoms with van der Waals surface area (Å²) in [6.07, 6.45) is 2.64. The first-order chi connectivity index (χ1) is 7.54. The normalized spacial score (nSPS) is 9.12. The number of rotatable bonds is 5. The first kappa shape index (κ1) is 17.8. The first-order valence-electron chi connectivity index (χ1n) is 5.52. The fraction of sp³-hybridized carbons (Fsp3) is 0.818. The number of alkyl halides is 1. The summed E-state index contributed by atoms with van der Waals surface area (Å²) in [4.78, 5) is 20.8. The summed E-state index contributed by atoms with van der Waals surface area (Å²) in [7, 11) is 0. The molecule has 0 unspecified atom stereocenters. The van der Waals surface area contributed by atoms with E-state index >= 15 is 0 Å². The Morgan fingerprint density at radius 2 is 1.25 bits per heavy atom. The number of carbonyl (C=O) groups is 2. The zero-order valence-electron chi connectivity index (χ0n) is 10.4. The van der Waals surface area contributed by atoms with E-state index in [2.05, 4.69) is 39.3 Å². The van der Waals surface area contributed by atoms with E-state index in [1.807, 2.05) is 0 Å². The highest BCUT2D eigenvalue weighted by Crippen LogP contribution is 2.04. The van der Waals surface area contributed by atoms with Crippen molar-refractivity contribution in [2.24, 2.45) is 0 Å². The van der Waals surface area contributed by atoms with Gasteiger partial charge in [-0.25, -0.2) is 0 Å². The van der Waals surface area contributed by atoms with E-state index in [1.54, 1.807) is 13.8 Å². The zero-order valence-corrected chi connectivity index (χ0v) is 12.0. The molecule has 0 aliphatic rings. The van der Waals surface area contributed by atoms with Crippen LogP contribution in [-0.4, -0.2) is 30.0 Å². The number of hydrogen-bond acceptors (Lipinski definition) is 4. The van der Waals surface area contributed by atoms with E-state index in [4.69, 9.17) is 0 Å². The van der Waals surface area contributed by atoms with Gasteiger partial charge < -0.3 is 9.47 Å². The SMILES string of the molecule is CCCC.CCOC(=O)C(Br)C(=O)OCC. The van der Waals surface area contributed by atoms with E-state index in [0.29, 0.717) is 0 Å². The van der Waals surface area contributed by atoms with Crippen LogP contribution in [0.2, 0.25) is 0 Å². The van der Waals surface area contributed by atoms with Gasteiger partial charge in [-0.2, -0.15) is 0 Å². The van der Waals surface area contributed by atoms with Gasteiger partial charge in [0.2, 0.25) is 4.83 Å². The number of hydrogen-bond donors (Lipinski definition) is 0. The molecule has 96 valence electrons. The fourth-order valence-electron chi connectivity index (χ4n) is 0.527. The molecule has 0 N–H and O–H groups in total. The van der Waals surface area contributed by atoms with Crippen LogP contribution in [0, 0.1) is 0 Å². The highest BCUT2D eigenvalue weighted by molar-refractivity contribution is 9.10. The molecule has 0 aromatic rings. The molecule has 0 radical (unpaired) electrons. The van der Waals surface area contributed by atoms with Crippen molar-refractivity contribution in [1.82, 2.24) is 0 Å². The molecular weight excluding hydrogens is 276 g/mol. The molecule has 0 heterocycles. The molecule has 4 nitrogen and oxygen atoms in total. The van der Waals surface area contributed by atoms with Crippen LogP contribution in [0.25, 0.3) is 0 Å². The lowest BCUT2D eigenvalue weighted by atomic mass is 10.4. The quantitative estimate of drug-likeness (QED) is 0.445. The summed E-state index contributed by atoms with van der Waals surface area (Å²) in [5, 5.41) is 0. The Morgan fingerprint density at radius 3 is 1.44 bits per heavy atom. The largest absolute Gasteiger partial charge is 0.465 e. The standard InChI is InChI=1S/C7H11BrO4.C4H10/c1-3-11-6(9)5(8)7(10)12-4-2;1-3-4-2/h5H,3-4H2,1-2H3;3-4H2,1-2H3. The molecule has 0 spiro atoms. The van der Waals surface area contributed by atoms with Gasteiger partial charge >= 0.3 is 11.9 Å². The van der Waals surface area contributed by atoms with Gasteiger partial charge in [0, 0.05) is 0 Å². The minimum Gasteiger partial charge on any atom is -0.465 e. The minimum absolute atomic E-state index is 0.250. The monoisotopic (exact) mass is 296 g/mol. The number of halogens is 1. The van der Waals surface area contributed by atoms with E-state index in [0.717, 1.165) is 0 Å². The van der Waals surface area contributed by atoms with Crippen molar-refractivity contribution in [2.75, 3.05) is 13.2 Å². The maximum Gasteiger partial charge on any atom is 0.331 e. The number of ether oxygens (including phenoxy) is 2. The van der Waals surface area contributed by atoms with Crippen molar-refractivity contribution in [3.63, 3.8) is 0 Å². The Labute approximate surface area is 106 Å². The van der Waals surface area contributed by atoms with E-state index in [1.165, 1.54) is 12.8 Å². The van der Waals surface area contributed by atoms with Crippen LogP contribution in [0.15, 0.2) is 0 Å². The summed E-state index contributed by atoms with van der Waals surface area (Å²) < 4.78 is 9.17. The van der Waals surface area contributed by atoms with Crippen molar-refractivity contribution in [1.29, 1.82) is 0 Å². The summed E-state index contributed by atoms with van der Waals surface area (Å²) in [5.74, 6) is -1.23. The molecule has 16 heavy (non-hydrogen) atoms. The smallest absolute Gasteiger partial charge is 0.331 e. The van der Waals surface area contributed by atoms with Crippen LogP contribution in [0.1, 0.15) is 40.5 Å². The molecule has 0 saturated carbocycles. The predicted octanol–water partition coefficient (Wildman–Crippen LogP) is 2.68. The van der Waals surface area contributed by atoms with E-state index < -0.39 is 16.8 Å². The molecule has 0 saturated heterocycles. The third kappa shape index (κ3) is 9.96. The van der Waals surface area contributed by atoms with Crippen LogP contribution in [0.5, 0.6) is 0 Å². The Hall–Kier alpha value is -0.580. The molecule has 0 aliphatic carbocycles. The van der Waals surface area contributed by atoms with Crippen molar-refractivity contribution < 1.29 is 19.1 Å². The predicted molar refractivity (Wildman–Crippen MR) is 66.6 cm³/mol. The highest BCUT2D eigenvalue weighted by atomic mass is 79.9. The Bertz CT molecular complexity index is 174. The average Bonchev–Trinajstić information content (AvgIpc) is 2.29. The van der Waals surface area contributed by atoms with Crippen LogP contribution in [0.3, 0.4) is 0 Å². The lowest BCUT2D eigenvalue weighted by molar-refractivity contribution is -0.152. The van der Waals surface area contributed by atoms with Gasteiger partial charge in [0.1, 0.15) is 0 Å². The lowest BCUT2D eigenvalue weighted by Gasteiger charge is -2.07. The van der Waals surface area contributed by atoms with Crippen LogP contribution >= 0.6 is 15.9 Å². The lowest BCUT2D eigenvalue weighted by Crippen LogP contribution is -2.28. The molecule has 0 fully saturated rings. The van der Waals surface area contributed by atoms with Crippen LogP contribution in [0.4, 0.5) is 0 Å². The van der Waals surface area contributed by atoms with Gasteiger partial charge in [0.15, 0.2) is 0 Å². The topological polar surface area (TPSA) is 52.6 Å². The van der Waals surface area contributed by atoms with Gasteiger partial charge in [-0.15, -0.1) is 0 Å². The van der Waals surface area contributed by atoms with Gasteiger partial charge in [-0.1, -0.05) is 42.6 Å². The van der Waals surface area contributed by atoms with E-state index in [9.17, 15) is 9.59 Å².